The molecule has 0 bridgehead atoms. The van der Waals surface area contributed by atoms with Crippen molar-refractivity contribution in [2.75, 3.05) is 0 Å². The van der Waals surface area contributed by atoms with E-state index < -0.39 is 0 Å². The molecule has 96 valence electrons. The molecule has 0 saturated heterocycles. The maximum Gasteiger partial charge on any atom is 0.183 e. The van der Waals surface area contributed by atoms with Crippen LogP contribution in [0.5, 0.6) is 0 Å². The highest BCUT2D eigenvalue weighted by Gasteiger charge is 2.12. The Kier molecular flexibility index (Phi) is 3.36. The van der Waals surface area contributed by atoms with Gasteiger partial charge < -0.3 is 4.57 Å². The molecule has 0 aliphatic rings. The summed E-state index contributed by atoms with van der Waals surface area (Å²) in [5.41, 5.74) is 2.35. The number of halogens is 1. The van der Waals surface area contributed by atoms with Crippen molar-refractivity contribution in [1.82, 2.24) is 14.5 Å². The minimum absolute atomic E-state index is 0.286. The minimum Gasteiger partial charge on any atom is -0.306 e. The lowest BCUT2D eigenvalue weighted by Gasteiger charge is -2.11. The number of hydrogen-bond acceptors (Lipinski definition) is 3. The van der Waals surface area contributed by atoms with Crippen LogP contribution in [0.25, 0.3) is 5.69 Å². The second kappa shape index (κ2) is 5.15. The van der Waals surface area contributed by atoms with E-state index in [1.807, 2.05) is 17.0 Å². The predicted molar refractivity (Wildman–Crippen MR) is 78.2 cm³/mol. The van der Waals surface area contributed by atoms with Gasteiger partial charge in [-0.15, -0.1) is 11.3 Å². The summed E-state index contributed by atoms with van der Waals surface area (Å²) in [5, 5.41) is 0. The van der Waals surface area contributed by atoms with Crippen LogP contribution in [0.15, 0.2) is 49.2 Å². The van der Waals surface area contributed by atoms with Gasteiger partial charge in [-0.1, -0.05) is 30.7 Å². The molecule has 3 nitrogen and oxygen atoms in total. The van der Waals surface area contributed by atoms with E-state index in [2.05, 4.69) is 41.2 Å². The fourth-order valence-corrected chi connectivity index (χ4v) is 3.03. The zero-order chi connectivity index (χ0) is 13.2. The Morgan fingerprint density at radius 2 is 2.26 bits per heavy atom. The third-order valence-corrected chi connectivity index (χ3v) is 4.39. The van der Waals surface area contributed by atoms with E-state index in [4.69, 9.17) is 11.6 Å². The molecule has 19 heavy (non-hydrogen) atoms. The van der Waals surface area contributed by atoms with Gasteiger partial charge in [0, 0.05) is 35.1 Å². The van der Waals surface area contributed by atoms with Crippen molar-refractivity contribution in [3.05, 3.63) is 64.1 Å². The summed E-state index contributed by atoms with van der Waals surface area (Å²) in [5.74, 6) is 0.286. The summed E-state index contributed by atoms with van der Waals surface area (Å²) >= 11 is 7.43. The average Bonchev–Trinajstić information content (AvgIpc) is 3.09. The van der Waals surface area contributed by atoms with E-state index in [9.17, 15) is 0 Å². The molecular formula is C14H12ClN3S. The standard InChI is InChI=1S/C14H12ClN3S/c1-10(13-8-17-14(15)19-13)11-3-2-4-12(7-11)18-6-5-16-9-18/h2-10H,1H3. The maximum absolute atomic E-state index is 5.90. The number of imidazole rings is 1. The highest BCUT2D eigenvalue weighted by molar-refractivity contribution is 7.15. The molecular weight excluding hydrogens is 278 g/mol. The smallest absolute Gasteiger partial charge is 0.183 e. The first-order valence-corrected chi connectivity index (χ1v) is 7.13. The Morgan fingerprint density at radius 1 is 1.37 bits per heavy atom. The molecule has 0 N–H and O–H groups in total. The number of nitrogens with zero attached hydrogens (tertiary/aromatic N) is 3. The molecule has 0 aliphatic heterocycles. The molecule has 0 amide bonds. The number of hydrogen-bond donors (Lipinski definition) is 0. The van der Waals surface area contributed by atoms with Crippen molar-refractivity contribution in [2.45, 2.75) is 12.8 Å². The molecule has 1 aromatic carbocycles. The van der Waals surface area contributed by atoms with Crippen molar-refractivity contribution < 1.29 is 0 Å². The Bertz CT molecular complexity index is 676. The van der Waals surface area contributed by atoms with Gasteiger partial charge in [-0.25, -0.2) is 9.97 Å². The summed E-state index contributed by atoms with van der Waals surface area (Å²) in [4.78, 5) is 9.35. The molecule has 0 fully saturated rings. The zero-order valence-corrected chi connectivity index (χ0v) is 11.9. The van der Waals surface area contributed by atoms with E-state index in [1.54, 1.807) is 12.5 Å². The van der Waals surface area contributed by atoms with Gasteiger partial charge in [-0.2, -0.15) is 0 Å². The fourth-order valence-electron chi connectivity index (χ4n) is 2.00. The van der Waals surface area contributed by atoms with Crippen molar-refractivity contribution in [1.29, 1.82) is 0 Å². The SMILES string of the molecule is CC(c1cccc(-n2ccnc2)c1)c1cnc(Cl)s1. The molecule has 1 unspecified atom stereocenters. The molecule has 3 rings (SSSR count). The van der Waals surface area contributed by atoms with Gasteiger partial charge in [0.1, 0.15) is 0 Å². The van der Waals surface area contributed by atoms with Crippen molar-refractivity contribution in [3.8, 4) is 5.69 Å². The topological polar surface area (TPSA) is 30.7 Å². The first-order chi connectivity index (χ1) is 9.24. The molecule has 0 radical (unpaired) electrons. The summed E-state index contributed by atoms with van der Waals surface area (Å²) in [7, 11) is 0. The largest absolute Gasteiger partial charge is 0.306 e. The Labute approximate surface area is 120 Å². The van der Waals surface area contributed by atoms with Gasteiger partial charge in [-0.3, -0.25) is 0 Å². The van der Waals surface area contributed by atoms with E-state index in [1.165, 1.54) is 21.8 Å². The van der Waals surface area contributed by atoms with Crippen LogP contribution >= 0.6 is 22.9 Å². The third-order valence-electron chi connectivity index (χ3n) is 3.09. The van der Waals surface area contributed by atoms with Crippen molar-refractivity contribution in [3.63, 3.8) is 0 Å². The highest BCUT2D eigenvalue weighted by Crippen LogP contribution is 2.31. The van der Waals surface area contributed by atoms with E-state index in [0.29, 0.717) is 4.47 Å². The molecule has 1 atom stereocenters. The third kappa shape index (κ3) is 2.55. The molecule has 0 spiro atoms. The normalized spacial score (nSPS) is 12.5. The van der Waals surface area contributed by atoms with Crippen molar-refractivity contribution >= 4 is 22.9 Å². The van der Waals surface area contributed by atoms with Crippen LogP contribution in [-0.2, 0) is 0 Å². The minimum atomic E-state index is 0.286. The molecule has 2 aromatic heterocycles. The number of benzene rings is 1. The van der Waals surface area contributed by atoms with Gasteiger partial charge in [0.2, 0.25) is 0 Å². The Hall–Kier alpha value is -1.65. The summed E-state index contributed by atoms with van der Waals surface area (Å²) < 4.78 is 2.59. The quantitative estimate of drug-likeness (QED) is 0.726. The lowest BCUT2D eigenvalue weighted by atomic mass is 9.99. The van der Waals surface area contributed by atoms with Crippen LogP contribution in [0.2, 0.25) is 4.47 Å². The van der Waals surface area contributed by atoms with Gasteiger partial charge in [-0.05, 0) is 17.7 Å². The van der Waals surface area contributed by atoms with Crippen LogP contribution in [0, 0.1) is 0 Å². The lowest BCUT2D eigenvalue weighted by molar-refractivity contribution is 0.933. The fraction of sp³-hybridized carbons (Fsp3) is 0.143. The molecule has 0 saturated carbocycles. The molecule has 5 heteroatoms. The first-order valence-electron chi connectivity index (χ1n) is 5.93. The first kappa shape index (κ1) is 12.4. The van der Waals surface area contributed by atoms with Crippen LogP contribution in [0.3, 0.4) is 0 Å². The van der Waals surface area contributed by atoms with Crippen LogP contribution < -0.4 is 0 Å². The second-order valence-corrected chi connectivity index (χ2v) is 5.95. The van der Waals surface area contributed by atoms with E-state index >= 15 is 0 Å². The summed E-state index contributed by atoms with van der Waals surface area (Å²) in [6.07, 6.45) is 7.36. The second-order valence-electron chi connectivity index (χ2n) is 4.30. The van der Waals surface area contributed by atoms with Crippen LogP contribution in [0.1, 0.15) is 23.3 Å². The van der Waals surface area contributed by atoms with E-state index in [0.717, 1.165) is 5.69 Å². The van der Waals surface area contributed by atoms with Gasteiger partial charge in [0.05, 0.1) is 6.33 Å². The Balaban J connectivity index is 1.95. The molecule has 3 aromatic rings. The van der Waals surface area contributed by atoms with E-state index in [-0.39, 0.29) is 5.92 Å². The highest BCUT2D eigenvalue weighted by atomic mass is 35.5. The summed E-state index contributed by atoms with van der Waals surface area (Å²) in [6.45, 7) is 2.16. The number of aromatic nitrogens is 3. The van der Waals surface area contributed by atoms with Crippen LogP contribution in [-0.4, -0.2) is 14.5 Å². The Morgan fingerprint density at radius 3 is 2.95 bits per heavy atom. The van der Waals surface area contributed by atoms with Crippen molar-refractivity contribution in [2.24, 2.45) is 0 Å². The molecule has 2 heterocycles. The summed E-state index contributed by atoms with van der Waals surface area (Å²) in [6, 6.07) is 8.42. The number of thiazole rings is 1. The average molecular weight is 290 g/mol. The lowest BCUT2D eigenvalue weighted by Crippen LogP contribution is -1.96. The maximum atomic E-state index is 5.90. The van der Waals surface area contributed by atoms with Crippen LogP contribution in [0.4, 0.5) is 0 Å². The van der Waals surface area contributed by atoms with Gasteiger partial charge in [0.15, 0.2) is 4.47 Å². The van der Waals surface area contributed by atoms with Gasteiger partial charge >= 0.3 is 0 Å². The number of rotatable bonds is 3. The molecule has 0 aliphatic carbocycles. The zero-order valence-electron chi connectivity index (χ0n) is 10.3. The van der Waals surface area contributed by atoms with Gasteiger partial charge in [0.25, 0.3) is 0 Å². The predicted octanol–water partition coefficient (Wildman–Crippen LogP) is 4.13. The monoisotopic (exact) mass is 289 g/mol.